The molecule has 8 heteroatoms. The molecular formula is C20H16BrFN2O4. The van der Waals surface area contributed by atoms with Gasteiger partial charge in [0.15, 0.2) is 5.69 Å². The van der Waals surface area contributed by atoms with Crippen molar-refractivity contribution in [3.63, 3.8) is 0 Å². The predicted octanol–water partition coefficient (Wildman–Crippen LogP) is 4.15. The first-order valence-electron chi connectivity index (χ1n) is 8.21. The van der Waals surface area contributed by atoms with E-state index in [0.29, 0.717) is 11.0 Å². The number of hydrogen-bond acceptors (Lipinski definition) is 5. The fourth-order valence-corrected chi connectivity index (χ4v) is 3.13. The number of methoxy groups -OCH3 is 2. The zero-order valence-electron chi connectivity index (χ0n) is 15.1. The monoisotopic (exact) mass is 446 g/mol. The van der Waals surface area contributed by atoms with E-state index in [1.807, 2.05) is 0 Å². The first-order chi connectivity index (χ1) is 13.5. The molecule has 0 atom stereocenters. The van der Waals surface area contributed by atoms with Gasteiger partial charge in [-0.1, -0.05) is 40.2 Å². The number of halogens is 2. The van der Waals surface area contributed by atoms with Gasteiger partial charge in [-0.05, 0) is 29.8 Å². The second-order valence-corrected chi connectivity index (χ2v) is 6.31. The fourth-order valence-electron chi connectivity index (χ4n) is 2.78. The van der Waals surface area contributed by atoms with Crippen molar-refractivity contribution in [2.24, 2.45) is 0 Å². The number of aromatic nitrogens is 2. The van der Waals surface area contributed by atoms with Crippen molar-refractivity contribution in [2.45, 2.75) is 5.33 Å². The van der Waals surface area contributed by atoms with Crippen LogP contribution in [-0.4, -0.2) is 35.9 Å². The number of hydrogen-bond donors (Lipinski definition) is 0. The minimum absolute atomic E-state index is 0.00333. The van der Waals surface area contributed by atoms with Gasteiger partial charge >= 0.3 is 11.9 Å². The summed E-state index contributed by atoms with van der Waals surface area (Å²) in [4.78, 5) is 25.1. The van der Waals surface area contributed by atoms with Crippen molar-refractivity contribution >= 4 is 27.9 Å². The molecule has 144 valence electrons. The normalized spacial score (nSPS) is 10.6. The molecule has 0 bridgehead atoms. The highest BCUT2D eigenvalue weighted by Crippen LogP contribution is 2.31. The van der Waals surface area contributed by atoms with Gasteiger partial charge in [0.1, 0.15) is 17.1 Å². The molecule has 3 rings (SSSR count). The van der Waals surface area contributed by atoms with E-state index < -0.39 is 17.8 Å². The van der Waals surface area contributed by atoms with Crippen LogP contribution in [0.3, 0.4) is 0 Å². The fraction of sp³-hybridized carbons (Fsp3) is 0.150. The Morgan fingerprint density at radius 3 is 2.36 bits per heavy atom. The quantitative estimate of drug-likeness (QED) is 0.434. The minimum Gasteiger partial charge on any atom is -0.465 e. The standard InChI is InChI=1S/C20H16BrFN2O4/c1-27-19(25)16-17(14-10-12(11-21)8-9-15(14)22)23-24(18(16)20(26)28-2)13-6-4-3-5-7-13/h3-10H,11H2,1-2H3. The summed E-state index contributed by atoms with van der Waals surface area (Å²) in [7, 11) is 2.37. The Hall–Kier alpha value is -3.00. The van der Waals surface area contributed by atoms with Crippen LogP contribution in [0.5, 0.6) is 0 Å². The van der Waals surface area contributed by atoms with Gasteiger partial charge in [0.05, 0.1) is 19.9 Å². The van der Waals surface area contributed by atoms with Crippen LogP contribution >= 0.6 is 15.9 Å². The molecule has 0 spiro atoms. The van der Waals surface area contributed by atoms with Crippen molar-refractivity contribution in [1.29, 1.82) is 0 Å². The molecule has 3 aromatic rings. The van der Waals surface area contributed by atoms with Crippen molar-refractivity contribution in [1.82, 2.24) is 9.78 Å². The Kier molecular flexibility index (Phi) is 5.89. The molecule has 0 aliphatic carbocycles. The smallest absolute Gasteiger partial charge is 0.357 e. The summed E-state index contributed by atoms with van der Waals surface area (Å²) in [6, 6.07) is 13.2. The Morgan fingerprint density at radius 2 is 1.75 bits per heavy atom. The largest absolute Gasteiger partial charge is 0.465 e. The maximum atomic E-state index is 14.6. The second kappa shape index (κ2) is 8.35. The van der Waals surface area contributed by atoms with E-state index in [9.17, 15) is 14.0 Å². The van der Waals surface area contributed by atoms with E-state index in [-0.39, 0.29) is 22.5 Å². The highest BCUT2D eigenvalue weighted by molar-refractivity contribution is 9.08. The molecule has 0 unspecified atom stereocenters. The van der Waals surface area contributed by atoms with E-state index in [1.165, 1.54) is 25.0 Å². The van der Waals surface area contributed by atoms with Gasteiger partial charge in [-0.15, -0.1) is 0 Å². The number of benzene rings is 2. The van der Waals surface area contributed by atoms with Gasteiger partial charge in [-0.25, -0.2) is 18.7 Å². The Bertz CT molecular complexity index is 1030. The average Bonchev–Trinajstić information content (AvgIpc) is 3.14. The molecule has 1 heterocycles. The lowest BCUT2D eigenvalue weighted by Gasteiger charge is -2.07. The molecule has 0 aliphatic rings. The number of rotatable bonds is 5. The number of alkyl halides is 1. The molecule has 28 heavy (non-hydrogen) atoms. The maximum absolute atomic E-state index is 14.6. The summed E-state index contributed by atoms with van der Waals surface area (Å²) in [6.45, 7) is 0. The van der Waals surface area contributed by atoms with Crippen LogP contribution in [0.2, 0.25) is 0 Å². The number of carbonyl (C=O) groups is 2. The minimum atomic E-state index is -0.818. The van der Waals surface area contributed by atoms with E-state index >= 15 is 0 Å². The summed E-state index contributed by atoms with van der Waals surface area (Å²) in [5.74, 6) is -2.19. The highest BCUT2D eigenvalue weighted by Gasteiger charge is 2.32. The summed E-state index contributed by atoms with van der Waals surface area (Å²) in [6.07, 6.45) is 0. The van der Waals surface area contributed by atoms with Crippen LogP contribution in [0.15, 0.2) is 48.5 Å². The van der Waals surface area contributed by atoms with Crippen LogP contribution in [0.4, 0.5) is 4.39 Å². The summed E-state index contributed by atoms with van der Waals surface area (Å²) >= 11 is 3.33. The van der Waals surface area contributed by atoms with Gasteiger partial charge in [0.2, 0.25) is 0 Å². The lowest BCUT2D eigenvalue weighted by Crippen LogP contribution is -2.15. The lowest BCUT2D eigenvalue weighted by molar-refractivity contribution is 0.0549. The predicted molar refractivity (Wildman–Crippen MR) is 104 cm³/mol. The van der Waals surface area contributed by atoms with Gasteiger partial charge in [0.25, 0.3) is 0 Å². The zero-order chi connectivity index (χ0) is 20.3. The van der Waals surface area contributed by atoms with Crippen molar-refractivity contribution in [3.05, 3.63) is 71.2 Å². The number of ether oxygens (including phenoxy) is 2. The molecule has 2 aromatic carbocycles. The van der Waals surface area contributed by atoms with Gasteiger partial charge in [0, 0.05) is 10.9 Å². The lowest BCUT2D eigenvalue weighted by atomic mass is 10.0. The van der Waals surface area contributed by atoms with Crippen LogP contribution < -0.4 is 0 Å². The third-order valence-electron chi connectivity index (χ3n) is 4.09. The molecule has 0 N–H and O–H groups in total. The first-order valence-corrected chi connectivity index (χ1v) is 9.33. The molecule has 0 saturated carbocycles. The van der Waals surface area contributed by atoms with E-state index in [0.717, 1.165) is 5.56 Å². The molecule has 0 aliphatic heterocycles. The third kappa shape index (κ3) is 3.55. The second-order valence-electron chi connectivity index (χ2n) is 5.75. The van der Waals surface area contributed by atoms with Gasteiger partial charge in [-0.2, -0.15) is 5.10 Å². The average molecular weight is 447 g/mol. The number of carbonyl (C=O) groups excluding carboxylic acids is 2. The Balaban J connectivity index is 2.39. The molecule has 0 saturated heterocycles. The van der Waals surface area contributed by atoms with E-state index in [4.69, 9.17) is 9.47 Å². The van der Waals surface area contributed by atoms with Crippen LogP contribution in [0.25, 0.3) is 16.9 Å². The maximum Gasteiger partial charge on any atom is 0.357 e. The van der Waals surface area contributed by atoms with Gasteiger partial charge in [-0.3, -0.25) is 0 Å². The Labute approximate surface area is 169 Å². The summed E-state index contributed by atoms with van der Waals surface area (Å²) < 4.78 is 25.6. The van der Waals surface area contributed by atoms with Crippen LogP contribution in [0.1, 0.15) is 26.4 Å². The number of esters is 2. The molecular weight excluding hydrogens is 431 g/mol. The van der Waals surface area contributed by atoms with Crippen molar-refractivity contribution in [3.8, 4) is 16.9 Å². The highest BCUT2D eigenvalue weighted by atomic mass is 79.9. The zero-order valence-corrected chi connectivity index (χ0v) is 16.7. The molecule has 0 fully saturated rings. The molecule has 1 aromatic heterocycles. The van der Waals surface area contributed by atoms with E-state index in [1.54, 1.807) is 42.5 Å². The third-order valence-corrected chi connectivity index (χ3v) is 4.74. The first kappa shape index (κ1) is 19.8. The number of para-hydroxylation sites is 1. The van der Waals surface area contributed by atoms with Crippen LogP contribution in [-0.2, 0) is 14.8 Å². The Morgan fingerprint density at radius 1 is 1.07 bits per heavy atom. The molecule has 0 amide bonds. The van der Waals surface area contributed by atoms with Gasteiger partial charge < -0.3 is 9.47 Å². The van der Waals surface area contributed by atoms with Crippen molar-refractivity contribution in [2.75, 3.05) is 14.2 Å². The van der Waals surface area contributed by atoms with Crippen molar-refractivity contribution < 1.29 is 23.5 Å². The topological polar surface area (TPSA) is 70.4 Å². The molecule has 0 radical (unpaired) electrons. The summed E-state index contributed by atoms with van der Waals surface area (Å²) in [5.41, 5.74) is 1.06. The molecule has 6 nitrogen and oxygen atoms in total. The van der Waals surface area contributed by atoms with E-state index in [2.05, 4.69) is 21.0 Å². The SMILES string of the molecule is COC(=O)c1c(-c2cc(CBr)ccc2F)nn(-c2ccccc2)c1C(=O)OC. The number of nitrogens with zero attached hydrogens (tertiary/aromatic N) is 2. The van der Waals surface area contributed by atoms with Crippen LogP contribution in [0, 0.1) is 5.82 Å². The summed E-state index contributed by atoms with van der Waals surface area (Å²) in [5, 5.41) is 4.87.